The average molecular weight is 574 g/mol. The standard InChI is InChI=1S/C31H31N3O6S/c35-28(32-18-16-21-12-14-23(15-13-21)30(37)38)25(34-29(36)27-19-24-9-4-5-11-26(24)41-27)10-6-17-33-31(39)40-20-22-7-2-1-3-8-22/h1-5,7-9,11-15,19,25H,6,10,16-18,20H2,(H,32,35)(H,33,39)(H,34,36)(H,37,38)/t25-/m0/s1. The molecule has 4 aromatic rings. The van der Waals surface area contributed by atoms with E-state index in [9.17, 15) is 19.2 Å². The van der Waals surface area contributed by atoms with Crippen molar-refractivity contribution in [3.63, 3.8) is 0 Å². The second kappa shape index (κ2) is 14.6. The summed E-state index contributed by atoms with van der Waals surface area (Å²) in [5, 5.41) is 18.4. The van der Waals surface area contributed by atoms with Crippen LogP contribution < -0.4 is 16.0 Å². The van der Waals surface area contributed by atoms with E-state index in [1.165, 1.54) is 23.5 Å². The predicted molar refractivity (Wildman–Crippen MR) is 157 cm³/mol. The SMILES string of the molecule is O=C(NCCC[C@H](NC(=O)c1cc2ccccc2s1)C(=O)NCCc1ccc(C(=O)O)cc1)OCc1ccccc1. The Bertz CT molecular complexity index is 1450. The van der Waals surface area contributed by atoms with Crippen molar-refractivity contribution in [1.82, 2.24) is 16.0 Å². The van der Waals surface area contributed by atoms with E-state index < -0.39 is 18.1 Å². The van der Waals surface area contributed by atoms with Gasteiger partial charge in [0, 0.05) is 17.8 Å². The van der Waals surface area contributed by atoms with Gasteiger partial charge >= 0.3 is 12.1 Å². The summed E-state index contributed by atoms with van der Waals surface area (Å²) >= 11 is 1.35. The second-order valence-corrected chi connectivity index (χ2v) is 10.4. The monoisotopic (exact) mass is 573 g/mol. The Morgan fingerprint density at radius 3 is 2.29 bits per heavy atom. The fourth-order valence-electron chi connectivity index (χ4n) is 4.13. The summed E-state index contributed by atoms with van der Waals surface area (Å²) in [4.78, 5) is 49.8. The summed E-state index contributed by atoms with van der Waals surface area (Å²) in [5.41, 5.74) is 1.94. The van der Waals surface area contributed by atoms with Gasteiger partial charge in [-0.1, -0.05) is 60.7 Å². The third-order valence-corrected chi connectivity index (χ3v) is 7.45. The van der Waals surface area contributed by atoms with Crippen molar-refractivity contribution in [2.24, 2.45) is 0 Å². The van der Waals surface area contributed by atoms with Crippen LogP contribution in [-0.4, -0.2) is 48.1 Å². The van der Waals surface area contributed by atoms with Crippen LogP contribution in [0.3, 0.4) is 0 Å². The van der Waals surface area contributed by atoms with Crippen molar-refractivity contribution < 1.29 is 29.0 Å². The van der Waals surface area contributed by atoms with Gasteiger partial charge in [0.2, 0.25) is 5.91 Å². The zero-order valence-corrected chi connectivity index (χ0v) is 23.1. The minimum atomic E-state index is -0.999. The van der Waals surface area contributed by atoms with Gasteiger partial charge in [-0.25, -0.2) is 9.59 Å². The van der Waals surface area contributed by atoms with Crippen LogP contribution in [0.15, 0.2) is 84.9 Å². The Hall–Kier alpha value is -4.70. The molecule has 1 aromatic heterocycles. The Morgan fingerprint density at radius 1 is 0.829 bits per heavy atom. The number of alkyl carbamates (subject to hydrolysis) is 1. The van der Waals surface area contributed by atoms with Crippen LogP contribution in [0.1, 0.15) is 44.0 Å². The van der Waals surface area contributed by atoms with Crippen LogP contribution >= 0.6 is 11.3 Å². The molecule has 0 saturated carbocycles. The largest absolute Gasteiger partial charge is 0.478 e. The van der Waals surface area contributed by atoms with Crippen LogP contribution in [0.4, 0.5) is 4.79 Å². The molecule has 1 atom stereocenters. The highest BCUT2D eigenvalue weighted by molar-refractivity contribution is 7.20. The fourth-order valence-corrected chi connectivity index (χ4v) is 5.10. The molecule has 10 heteroatoms. The number of fused-ring (bicyclic) bond motifs is 1. The molecule has 0 radical (unpaired) electrons. The number of thiophene rings is 1. The van der Waals surface area contributed by atoms with Crippen LogP contribution in [0.25, 0.3) is 10.1 Å². The van der Waals surface area contributed by atoms with Gasteiger partial charge in [-0.2, -0.15) is 0 Å². The maximum Gasteiger partial charge on any atom is 0.407 e. The van der Waals surface area contributed by atoms with E-state index >= 15 is 0 Å². The van der Waals surface area contributed by atoms with Crippen molar-refractivity contribution in [1.29, 1.82) is 0 Å². The Kier molecular flexibility index (Phi) is 10.4. The van der Waals surface area contributed by atoms with Gasteiger partial charge in [-0.05, 0) is 60.0 Å². The van der Waals surface area contributed by atoms with Crippen molar-refractivity contribution >= 4 is 45.3 Å². The molecule has 0 fully saturated rings. The number of amides is 3. The topological polar surface area (TPSA) is 134 Å². The summed E-state index contributed by atoms with van der Waals surface area (Å²) < 4.78 is 6.20. The second-order valence-electron chi connectivity index (χ2n) is 9.35. The third kappa shape index (κ3) is 8.91. The van der Waals surface area contributed by atoms with Crippen LogP contribution in [0, 0.1) is 0 Å². The van der Waals surface area contributed by atoms with Crippen LogP contribution in [-0.2, 0) is 22.6 Å². The molecule has 0 bridgehead atoms. The molecule has 4 rings (SSSR count). The van der Waals surface area contributed by atoms with Crippen molar-refractivity contribution in [2.75, 3.05) is 13.1 Å². The third-order valence-electron chi connectivity index (χ3n) is 6.34. The molecule has 0 unspecified atom stereocenters. The highest BCUT2D eigenvalue weighted by atomic mass is 32.1. The molecule has 1 heterocycles. The quantitative estimate of drug-likeness (QED) is 0.170. The van der Waals surface area contributed by atoms with Crippen LogP contribution in [0.2, 0.25) is 0 Å². The molecule has 41 heavy (non-hydrogen) atoms. The maximum absolute atomic E-state index is 13.1. The molecule has 212 valence electrons. The number of hydrogen-bond donors (Lipinski definition) is 4. The summed E-state index contributed by atoms with van der Waals surface area (Å²) in [7, 11) is 0. The Balaban J connectivity index is 1.30. The summed E-state index contributed by atoms with van der Waals surface area (Å²) in [6.07, 6.45) is 0.673. The summed E-state index contributed by atoms with van der Waals surface area (Å²) in [5.74, 6) is -1.68. The predicted octanol–water partition coefficient (Wildman–Crippen LogP) is 4.76. The highest BCUT2D eigenvalue weighted by Gasteiger charge is 2.22. The lowest BCUT2D eigenvalue weighted by atomic mass is 10.1. The normalized spacial score (nSPS) is 11.4. The molecule has 9 nitrogen and oxygen atoms in total. The minimum Gasteiger partial charge on any atom is -0.478 e. The Labute approximate surface area is 241 Å². The highest BCUT2D eigenvalue weighted by Crippen LogP contribution is 2.25. The first kappa shape index (κ1) is 29.3. The first-order valence-electron chi connectivity index (χ1n) is 13.2. The van der Waals surface area contributed by atoms with Gasteiger partial charge in [-0.3, -0.25) is 9.59 Å². The lowest BCUT2D eigenvalue weighted by Gasteiger charge is -2.18. The fraction of sp³-hybridized carbons (Fsp3) is 0.226. The van der Waals surface area contributed by atoms with Crippen LogP contribution in [0.5, 0.6) is 0 Å². The number of aromatic carboxylic acids is 1. The smallest absolute Gasteiger partial charge is 0.407 e. The van der Waals surface area contributed by atoms with E-state index in [1.54, 1.807) is 18.2 Å². The molecule has 3 amide bonds. The minimum absolute atomic E-state index is 0.155. The molecule has 0 aliphatic carbocycles. The molecule has 0 spiro atoms. The number of ether oxygens (including phenoxy) is 1. The molecule has 0 aliphatic heterocycles. The average Bonchev–Trinajstić information content (AvgIpc) is 3.43. The summed E-state index contributed by atoms with van der Waals surface area (Å²) in [6.45, 7) is 0.735. The molecular formula is C31H31N3O6S. The number of rotatable bonds is 13. The van der Waals surface area contributed by atoms with Gasteiger partial charge in [-0.15, -0.1) is 11.3 Å². The molecular weight excluding hydrogens is 542 g/mol. The van der Waals surface area contributed by atoms with Gasteiger partial charge in [0.05, 0.1) is 10.4 Å². The number of hydrogen-bond acceptors (Lipinski definition) is 6. The maximum atomic E-state index is 13.1. The van der Waals surface area contributed by atoms with E-state index in [1.807, 2.05) is 54.6 Å². The van der Waals surface area contributed by atoms with E-state index in [2.05, 4.69) is 16.0 Å². The van der Waals surface area contributed by atoms with Crippen molar-refractivity contribution in [3.05, 3.63) is 106 Å². The Morgan fingerprint density at radius 2 is 1.56 bits per heavy atom. The number of nitrogens with one attached hydrogen (secondary N) is 3. The number of carbonyl (C=O) groups is 4. The van der Waals surface area contributed by atoms with Gasteiger partial charge < -0.3 is 25.8 Å². The van der Waals surface area contributed by atoms with Gasteiger partial charge in [0.1, 0.15) is 12.6 Å². The van der Waals surface area contributed by atoms with Crippen molar-refractivity contribution in [3.8, 4) is 0 Å². The number of benzene rings is 3. The number of carboxylic acids is 1. The number of carbonyl (C=O) groups excluding carboxylic acids is 3. The molecule has 0 saturated heterocycles. The van der Waals surface area contributed by atoms with E-state index in [4.69, 9.17) is 9.84 Å². The lowest BCUT2D eigenvalue weighted by molar-refractivity contribution is -0.123. The van der Waals surface area contributed by atoms with E-state index in [-0.39, 0.29) is 30.5 Å². The zero-order chi connectivity index (χ0) is 29.0. The lowest BCUT2D eigenvalue weighted by Crippen LogP contribution is -2.47. The van der Waals surface area contributed by atoms with Crippen molar-refractivity contribution in [2.45, 2.75) is 31.9 Å². The summed E-state index contributed by atoms with van der Waals surface area (Å²) in [6, 6.07) is 24.5. The number of carboxylic acid groups (broad SMARTS) is 1. The van der Waals surface area contributed by atoms with Gasteiger partial charge in [0.15, 0.2) is 0 Å². The van der Waals surface area contributed by atoms with E-state index in [0.717, 1.165) is 21.2 Å². The van der Waals surface area contributed by atoms with Gasteiger partial charge in [0.25, 0.3) is 5.91 Å². The first-order valence-corrected chi connectivity index (χ1v) is 14.0. The first-order chi connectivity index (χ1) is 19.9. The molecule has 3 aromatic carbocycles. The zero-order valence-electron chi connectivity index (χ0n) is 22.3. The van der Waals surface area contributed by atoms with E-state index in [0.29, 0.717) is 30.7 Å². The molecule has 4 N–H and O–H groups in total. The molecule has 0 aliphatic rings.